The summed E-state index contributed by atoms with van der Waals surface area (Å²) >= 11 is 0. The van der Waals surface area contributed by atoms with Gasteiger partial charge in [-0.2, -0.15) is 0 Å². The van der Waals surface area contributed by atoms with E-state index in [1.54, 1.807) is 6.08 Å². The highest BCUT2D eigenvalue weighted by atomic mass is 16.5. The lowest BCUT2D eigenvalue weighted by Gasteiger charge is -2.09. The van der Waals surface area contributed by atoms with Crippen molar-refractivity contribution in [3.05, 3.63) is 90.0 Å². The standard InChI is InChI=1S/C20H16O2/c1-2-16-12-17-10-6-7-11-18(17)13-19(16)20(21)22-14-15-8-4-3-5-9-15/h2-13H,1,14H2. The Labute approximate surface area is 129 Å². The van der Waals surface area contributed by atoms with E-state index in [4.69, 9.17) is 4.74 Å². The first-order valence-corrected chi connectivity index (χ1v) is 7.14. The average molecular weight is 288 g/mol. The monoisotopic (exact) mass is 288 g/mol. The summed E-state index contributed by atoms with van der Waals surface area (Å²) in [6.45, 7) is 4.06. The first kappa shape index (κ1) is 14.1. The highest BCUT2D eigenvalue weighted by Gasteiger charge is 2.12. The molecule has 0 saturated heterocycles. The number of fused-ring (bicyclic) bond motifs is 1. The SMILES string of the molecule is C=Cc1cc2ccccc2cc1C(=O)OCc1ccccc1. The molecular formula is C20H16O2. The zero-order chi connectivity index (χ0) is 15.4. The van der Waals surface area contributed by atoms with E-state index in [9.17, 15) is 4.79 Å². The number of hydrogen-bond donors (Lipinski definition) is 0. The Bertz CT molecular complexity index is 819. The number of hydrogen-bond acceptors (Lipinski definition) is 2. The lowest BCUT2D eigenvalue weighted by Crippen LogP contribution is -2.07. The van der Waals surface area contributed by atoms with E-state index in [0.717, 1.165) is 21.9 Å². The Hall–Kier alpha value is -2.87. The zero-order valence-corrected chi connectivity index (χ0v) is 12.2. The van der Waals surface area contributed by atoms with Gasteiger partial charge in [0.2, 0.25) is 0 Å². The van der Waals surface area contributed by atoms with Crippen molar-refractivity contribution in [2.75, 3.05) is 0 Å². The van der Waals surface area contributed by atoms with Gasteiger partial charge >= 0.3 is 5.97 Å². The molecule has 0 bridgehead atoms. The van der Waals surface area contributed by atoms with Gasteiger partial charge in [0, 0.05) is 0 Å². The Morgan fingerprint density at radius 3 is 2.27 bits per heavy atom. The van der Waals surface area contributed by atoms with Crippen LogP contribution in [0.3, 0.4) is 0 Å². The van der Waals surface area contributed by atoms with Gasteiger partial charge in [0.05, 0.1) is 5.56 Å². The maximum atomic E-state index is 12.4. The quantitative estimate of drug-likeness (QED) is 0.642. The number of rotatable bonds is 4. The molecule has 108 valence electrons. The predicted molar refractivity (Wildman–Crippen MR) is 89.6 cm³/mol. The van der Waals surface area contributed by atoms with E-state index in [1.165, 1.54) is 0 Å². The van der Waals surface area contributed by atoms with Crippen molar-refractivity contribution in [3.8, 4) is 0 Å². The third kappa shape index (κ3) is 2.91. The number of ether oxygens (including phenoxy) is 1. The van der Waals surface area contributed by atoms with E-state index in [-0.39, 0.29) is 12.6 Å². The van der Waals surface area contributed by atoms with Crippen LogP contribution in [-0.2, 0) is 11.3 Å². The number of carbonyl (C=O) groups is 1. The molecule has 2 nitrogen and oxygen atoms in total. The Kier molecular flexibility index (Phi) is 4.01. The fourth-order valence-electron chi connectivity index (χ4n) is 2.40. The molecule has 0 aliphatic rings. The van der Waals surface area contributed by atoms with Crippen molar-refractivity contribution in [1.82, 2.24) is 0 Å². The largest absolute Gasteiger partial charge is 0.457 e. The summed E-state index contributed by atoms with van der Waals surface area (Å²) in [6, 6.07) is 21.4. The van der Waals surface area contributed by atoms with Gasteiger partial charge in [0.1, 0.15) is 6.61 Å². The molecular weight excluding hydrogens is 272 g/mol. The van der Waals surface area contributed by atoms with Gasteiger partial charge in [-0.1, -0.05) is 67.3 Å². The van der Waals surface area contributed by atoms with Gasteiger partial charge in [0.15, 0.2) is 0 Å². The molecule has 0 aliphatic heterocycles. The van der Waals surface area contributed by atoms with Crippen molar-refractivity contribution >= 4 is 22.8 Å². The van der Waals surface area contributed by atoms with E-state index in [2.05, 4.69) is 6.58 Å². The van der Waals surface area contributed by atoms with E-state index >= 15 is 0 Å². The van der Waals surface area contributed by atoms with Gasteiger partial charge < -0.3 is 4.74 Å². The normalized spacial score (nSPS) is 10.4. The number of carbonyl (C=O) groups excluding carboxylic acids is 1. The van der Waals surface area contributed by atoms with Crippen molar-refractivity contribution in [1.29, 1.82) is 0 Å². The lowest BCUT2D eigenvalue weighted by atomic mass is 10.0. The molecule has 0 unspecified atom stereocenters. The summed E-state index contributed by atoms with van der Waals surface area (Å²) in [5.41, 5.74) is 2.30. The fourth-order valence-corrected chi connectivity index (χ4v) is 2.40. The third-order valence-electron chi connectivity index (χ3n) is 3.57. The maximum absolute atomic E-state index is 12.4. The molecule has 22 heavy (non-hydrogen) atoms. The molecule has 0 radical (unpaired) electrons. The van der Waals surface area contributed by atoms with Crippen LogP contribution in [0.15, 0.2) is 73.3 Å². The second-order valence-electron chi connectivity index (χ2n) is 5.05. The minimum absolute atomic E-state index is 0.267. The van der Waals surface area contributed by atoms with Gasteiger partial charge in [-0.05, 0) is 34.0 Å². The molecule has 0 aliphatic carbocycles. The molecule has 2 heteroatoms. The van der Waals surface area contributed by atoms with Crippen LogP contribution in [0.4, 0.5) is 0 Å². The van der Waals surface area contributed by atoms with E-state index in [0.29, 0.717) is 5.56 Å². The second kappa shape index (κ2) is 6.27. The van der Waals surface area contributed by atoms with Crippen LogP contribution < -0.4 is 0 Å². The van der Waals surface area contributed by atoms with E-state index in [1.807, 2.05) is 66.7 Å². The molecule has 0 spiro atoms. The molecule has 3 aromatic rings. The molecule has 0 fully saturated rings. The number of esters is 1. The third-order valence-corrected chi connectivity index (χ3v) is 3.57. The Morgan fingerprint density at radius 2 is 1.59 bits per heavy atom. The minimum atomic E-state index is -0.329. The van der Waals surface area contributed by atoms with Crippen molar-refractivity contribution in [2.45, 2.75) is 6.61 Å². The van der Waals surface area contributed by atoms with Crippen LogP contribution in [0, 0.1) is 0 Å². The molecule has 0 atom stereocenters. The highest BCUT2D eigenvalue weighted by molar-refractivity contribution is 5.99. The van der Waals surface area contributed by atoms with Crippen LogP contribution in [0.25, 0.3) is 16.8 Å². The lowest BCUT2D eigenvalue weighted by molar-refractivity contribution is 0.0472. The summed E-state index contributed by atoms with van der Waals surface area (Å²) in [5.74, 6) is -0.329. The summed E-state index contributed by atoms with van der Waals surface area (Å²) in [5, 5.41) is 2.09. The van der Waals surface area contributed by atoms with Gasteiger partial charge in [-0.3, -0.25) is 0 Å². The summed E-state index contributed by atoms with van der Waals surface area (Å²) in [4.78, 5) is 12.4. The summed E-state index contributed by atoms with van der Waals surface area (Å²) in [6.07, 6.45) is 1.69. The Balaban J connectivity index is 1.88. The molecule has 3 aromatic carbocycles. The molecule has 0 heterocycles. The summed E-state index contributed by atoms with van der Waals surface area (Å²) in [7, 11) is 0. The molecule has 3 rings (SSSR count). The van der Waals surface area contributed by atoms with Crippen LogP contribution >= 0.6 is 0 Å². The smallest absolute Gasteiger partial charge is 0.339 e. The zero-order valence-electron chi connectivity index (χ0n) is 12.2. The summed E-state index contributed by atoms with van der Waals surface area (Å²) < 4.78 is 5.42. The maximum Gasteiger partial charge on any atom is 0.339 e. The van der Waals surface area contributed by atoms with Gasteiger partial charge in [0.25, 0.3) is 0 Å². The van der Waals surface area contributed by atoms with Crippen LogP contribution in [0.2, 0.25) is 0 Å². The Morgan fingerprint density at radius 1 is 0.955 bits per heavy atom. The van der Waals surface area contributed by atoms with Crippen molar-refractivity contribution < 1.29 is 9.53 Å². The average Bonchev–Trinajstić information content (AvgIpc) is 2.59. The highest BCUT2D eigenvalue weighted by Crippen LogP contribution is 2.22. The molecule has 0 amide bonds. The van der Waals surface area contributed by atoms with Crippen LogP contribution in [-0.4, -0.2) is 5.97 Å². The van der Waals surface area contributed by atoms with Crippen molar-refractivity contribution in [2.24, 2.45) is 0 Å². The van der Waals surface area contributed by atoms with Crippen LogP contribution in [0.5, 0.6) is 0 Å². The first-order chi connectivity index (χ1) is 10.8. The fraction of sp³-hybridized carbons (Fsp3) is 0.0500. The minimum Gasteiger partial charge on any atom is -0.457 e. The second-order valence-corrected chi connectivity index (χ2v) is 5.05. The molecule has 0 aromatic heterocycles. The number of benzene rings is 3. The first-order valence-electron chi connectivity index (χ1n) is 7.14. The van der Waals surface area contributed by atoms with E-state index < -0.39 is 0 Å². The predicted octanol–water partition coefficient (Wildman–Crippen LogP) is 4.84. The topological polar surface area (TPSA) is 26.3 Å². The van der Waals surface area contributed by atoms with Crippen LogP contribution in [0.1, 0.15) is 21.5 Å². The van der Waals surface area contributed by atoms with Gasteiger partial charge in [-0.15, -0.1) is 0 Å². The molecule has 0 N–H and O–H groups in total. The van der Waals surface area contributed by atoms with Crippen molar-refractivity contribution in [3.63, 3.8) is 0 Å². The van der Waals surface area contributed by atoms with Gasteiger partial charge in [-0.25, -0.2) is 4.79 Å². The molecule has 0 saturated carbocycles.